The number of rotatable bonds is 54. The molecule has 0 aromatic heterocycles. The van der Waals surface area contributed by atoms with E-state index < -0.39 is 49.5 Å². The van der Waals surface area contributed by atoms with Crippen molar-refractivity contribution in [2.75, 3.05) is 19.8 Å². The van der Waals surface area contributed by atoms with E-state index in [9.17, 15) is 35.1 Å². The molecule has 0 aliphatic carbocycles. The third-order valence-corrected chi connectivity index (χ3v) is 14.7. The largest absolute Gasteiger partial charge is 0.466 e. The number of hydrogen-bond acceptors (Lipinski definition) is 10. The average Bonchev–Trinajstić information content (AvgIpc) is 3.41. The molecule has 1 fully saturated rings. The van der Waals surface area contributed by atoms with Crippen molar-refractivity contribution >= 4 is 11.9 Å². The van der Waals surface area contributed by atoms with Crippen molar-refractivity contribution in [2.45, 2.75) is 326 Å². The van der Waals surface area contributed by atoms with Crippen molar-refractivity contribution in [2.24, 2.45) is 0 Å². The van der Waals surface area contributed by atoms with Crippen molar-refractivity contribution in [3.8, 4) is 0 Å². The lowest BCUT2D eigenvalue weighted by atomic mass is 9.99. The Morgan fingerprint density at radius 2 is 0.893 bits per heavy atom. The number of aliphatic hydroxyl groups is 5. The molecule has 1 aliphatic rings. The Labute approximate surface area is 459 Å². The highest BCUT2D eigenvalue weighted by Gasteiger charge is 2.44. The van der Waals surface area contributed by atoms with Crippen LogP contribution in [0.1, 0.15) is 284 Å². The summed E-state index contributed by atoms with van der Waals surface area (Å²) in [5, 5.41) is 54.2. The fourth-order valence-corrected chi connectivity index (χ4v) is 9.64. The Morgan fingerprint density at radius 1 is 0.493 bits per heavy atom. The first-order chi connectivity index (χ1) is 36.7. The van der Waals surface area contributed by atoms with Gasteiger partial charge in [-0.05, 0) is 89.9 Å². The Kier molecular flexibility index (Phi) is 50.5. The summed E-state index contributed by atoms with van der Waals surface area (Å²) in [4.78, 5) is 25.1. The molecule has 0 bridgehead atoms. The molecule has 75 heavy (non-hydrogen) atoms. The number of carbonyl (C=O) groups excluding carboxylic acids is 2. The molecule has 1 aliphatic heterocycles. The minimum atomic E-state index is -1.57. The monoisotopic (exact) mass is 1060 g/mol. The molecule has 438 valence electrons. The van der Waals surface area contributed by atoms with E-state index in [0.29, 0.717) is 19.4 Å². The molecule has 11 nitrogen and oxygen atoms in total. The van der Waals surface area contributed by atoms with E-state index in [0.717, 1.165) is 89.9 Å². The molecule has 1 rings (SSSR count). The summed E-state index contributed by atoms with van der Waals surface area (Å²) >= 11 is 0. The smallest absolute Gasteiger partial charge is 0.305 e. The van der Waals surface area contributed by atoms with Crippen molar-refractivity contribution in [3.05, 3.63) is 48.6 Å². The molecule has 7 unspecified atom stereocenters. The quantitative estimate of drug-likeness (QED) is 0.0195. The third-order valence-electron chi connectivity index (χ3n) is 14.7. The van der Waals surface area contributed by atoms with Gasteiger partial charge in [0.05, 0.1) is 32.0 Å². The Bertz CT molecular complexity index is 1390. The third kappa shape index (κ3) is 43.2. The van der Waals surface area contributed by atoms with Crippen molar-refractivity contribution in [1.29, 1.82) is 0 Å². The summed E-state index contributed by atoms with van der Waals surface area (Å²) in [6, 6.07) is -0.816. The highest BCUT2D eigenvalue weighted by Crippen LogP contribution is 2.23. The number of carbonyl (C=O) groups is 2. The van der Waals surface area contributed by atoms with Gasteiger partial charge in [-0.1, -0.05) is 229 Å². The Balaban J connectivity index is 2.00. The second-order valence-corrected chi connectivity index (χ2v) is 21.8. The lowest BCUT2D eigenvalue weighted by Crippen LogP contribution is -2.60. The first-order valence-corrected chi connectivity index (χ1v) is 31.4. The van der Waals surface area contributed by atoms with Gasteiger partial charge in [0.1, 0.15) is 24.4 Å². The molecule has 1 heterocycles. The zero-order valence-electron chi connectivity index (χ0n) is 48.3. The maximum absolute atomic E-state index is 13.0. The number of unbranched alkanes of at least 4 members (excludes halogenated alkanes) is 34. The van der Waals surface area contributed by atoms with Crippen LogP contribution in [-0.4, -0.2) is 100 Å². The number of amides is 1. The van der Waals surface area contributed by atoms with Gasteiger partial charge in [-0.15, -0.1) is 0 Å². The van der Waals surface area contributed by atoms with Crippen molar-refractivity contribution in [3.63, 3.8) is 0 Å². The van der Waals surface area contributed by atoms with Gasteiger partial charge >= 0.3 is 5.97 Å². The molecular weight excluding hydrogens is 943 g/mol. The molecule has 0 saturated carbocycles. The fraction of sp³-hybridized carbons (Fsp3) is 0.844. The van der Waals surface area contributed by atoms with Gasteiger partial charge in [-0.25, -0.2) is 0 Å². The van der Waals surface area contributed by atoms with Crippen molar-refractivity contribution in [1.82, 2.24) is 5.32 Å². The first-order valence-electron chi connectivity index (χ1n) is 31.4. The van der Waals surface area contributed by atoms with Gasteiger partial charge in [0.2, 0.25) is 5.91 Å². The van der Waals surface area contributed by atoms with Crippen LogP contribution >= 0.6 is 0 Å². The molecule has 0 radical (unpaired) electrons. The molecule has 11 heteroatoms. The van der Waals surface area contributed by atoms with Crippen LogP contribution in [0.25, 0.3) is 0 Å². The average molecular weight is 1060 g/mol. The standard InChI is InChI=1S/C64H117NO10/c1-3-5-7-9-11-13-14-15-16-17-19-23-26-29-32-36-40-44-48-52-60(69)73-53-49-45-41-37-33-30-27-24-21-18-20-22-25-28-31-35-39-43-47-51-59(68)65-56(57(67)50-46-42-38-34-12-10-8-6-4-2)55-74-64-63(72)62(71)61(70)58(54-66)75-64/h11,13,15-16,18,20,46,50,56-58,61-64,66-67,70-72H,3-10,12,14,17,19,21-45,47-49,51-55H2,1-2H3,(H,65,68)/b13-11-,16-15-,20-18-,50-46+. The summed E-state index contributed by atoms with van der Waals surface area (Å²) in [7, 11) is 0. The van der Waals surface area contributed by atoms with E-state index in [-0.39, 0.29) is 18.5 Å². The van der Waals surface area contributed by atoms with Crippen LogP contribution in [0.5, 0.6) is 0 Å². The van der Waals surface area contributed by atoms with Gasteiger partial charge in [0.25, 0.3) is 0 Å². The molecule has 1 amide bonds. The van der Waals surface area contributed by atoms with E-state index in [1.165, 1.54) is 167 Å². The van der Waals surface area contributed by atoms with Crippen LogP contribution in [0.4, 0.5) is 0 Å². The number of hydrogen-bond donors (Lipinski definition) is 6. The normalized spacial score (nSPS) is 19.1. The maximum Gasteiger partial charge on any atom is 0.305 e. The summed E-state index contributed by atoms with van der Waals surface area (Å²) in [5.74, 6) is -0.209. The summed E-state index contributed by atoms with van der Waals surface area (Å²) < 4.78 is 16.7. The fourth-order valence-electron chi connectivity index (χ4n) is 9.64. The molecule has 0 aromatic rings. The molecule has 0 aromatic carbocycles. The van der Waals surface area contributed by atoms with Crippen LogP contribution in [-0.2, 0) is 23.8 Å². The number of ether oxygens (including phenoxy) is 3. The summed E-state index contributed by atoms with van der Waals surface area (Å²) in [6.07, 6.45) is 57.9. The molecule has 6 N–H and O–H groups in total. The maximum atomic E-state index is 13.0. The van der Waals surface area contributed by atoms with Crippen molar-refractivity contribution < 1.29 is 49.3 Å². The first kappa shape index (κ1) is 70.6. The van der Waals surface area contributed by atoms with Crippen LogP contribution in [0.2, 0.25) is 0 Å². The van der Waals surface area contributed by atoms with E-state index >= 15 is 0 Å². The van der Waals surface area contributed by atoms with Crippen LogP contribution in [0.3, 0.4) is 0 Å². The highest BCUT2D eigenvalue weighted by atomic mass is 16.7. The van der Waals surface area contributed by atoms with E-state index in [1.54, 1.807) is 6.08 Å². The topological polar surface area (TPSA) is 175 Å². The number of nitrogens with one attached hydrogen (secondary N) is 1. The molecule has 1 saturated heterocycles. The predicted octanol–water partition coefficient (Wildman–Crippen LogP) is 14.8. The van der Waals surface area contributed by atoms with E-state index in [1.807, 2.05) is 6.08 Å². The number of esters is 1. The minimum Gasteiger partial charge on any atom is -0.466 e. The predicted molar refractivity (Wildman–Crippen MR) is 310 cm³/mol. The second kappa shape index (κ2) is 53.6. The van der Waals surface area contributed by atoms with Gasteiger partial charge in [-0.3, -0.25) is 9.59 Å². The number of aliphatic hydroxyl groups excluding tert-OH is 5. The molecule has 0 spiro atoms. The summed E-state index contributed by atoms with van der Waals surface area (Å²) in [6.45, 7) is 4.27. The molecular formula is C64H117NO10. The van der Waals surface area contributed by atoms with Crippen LogP contribution < -0.4 is 5.32 Å². The van der Waals surface area contributed by atoms with Crippen LogP contribution in [0, 0.1) is 0 Å². The summed E-state index contributed by atoms with van der Waals surface area (Å²) in [5.41, 5.74) is 0. The van der Waals surface area contributed by atoms with Gasteiger partial charge in [0, 0.05) is 12.8 Å². The number of allylic oxidation sites excluding steroid dienone is 7. The Hall–Kier alpha value is -2.38. The second-order valence-electron chi connectivity index (χ2n) is 21.8. The van der Waals surface area contributed by atoms with E-state index in [2.05, 4.69) is 55.6 Å². The zero-order valence-corrected chi connectivity index (χ0v) is 48.3. The lowest BCUT2D eigenvalue weighted by Gasteiger charge is -2.40. The van der Waals surface area contributed by atoms with Gasteiger partial charge in [-0.2, -0.15) is 0 Å². The highest BCUT2D eigenvalue weighted by molar-refractivity contribution is 5.76. The SMILES string of the molecule is CCCCC/C=C\C/C=C\CCCCCCCCCCCC(=O)OCCCCCCCCCC/C=C\CCCCCCCCCC(=O)NC(COC1OC(CO)C(O)C(O)C1O)C(O)/C=C/CCCCCCCCC. The van der Waals surface area contributed by atoms with Gasteiger partial charge < -0.3 is 45.1 Å². The molecule has 7 atom stereocenters. The van der Waals surface area contributed by atoms with Crippen LogP contribution in [0.15, 0.2) is 48.6 Å². The van der Waals surface area contributed by atoms with Gasteiger partial charge in [0.15, 0.2) is 6.29 Å². The lowest BCUT2D eigenvalue weighted by molar-refractivity contribution is -0.302. The van der Waals surface area contributed by atoms with E-state index in [4.69, 9.17) is 14.2 Å². The minimum absolute atomic E-state index is 0.0151. The Morgan fingerprint density at radius 3 is 1.39 bits per heavy atom. The zero-order chi connectivity index (χ0) is 54.5.